The minimum absolute atomic E-state index is 0.00835. The van der Waals surface area contributed by atoms with E-state index in [0.717, 1.165) is 16.9 Å². The van der Waals surface area contributed by atoms with Gasteiger partial charge in [0.1, 0.15) is 11.4 Å². The van der Waals surface area contributed by atoms with Crippen molar-refractivity contribution in [3.8, 4) is 5.75 Å². The van der Waals surface area contributed by atoms with Crippen LogP contribution in [0.4, 0.5) is 0 Å². The second-order valence-electron chi connectivity index (χ2n) is 9.16. The second kappa shape index (κ2) is 8.28. The quantitative estimate of drug-likeness (QED) is 0.781. The summed E-state index contributed by atoms with van der Waals surface area (Å²) in [5.41, 5.74) is 1.75. The van der Waals surface area contributed by atoms with E-state index in [2.05, 4.69) is 5.32 Å². The summed E-state index contributed by atoms with van der Waals surface area (Å²) in [4.78, 5) is 13.4. The lowest BCUT2D eigenvalue weighted by Crippen LogP contribution is -2.46. The van der Waals surface area contributed by atoms with Crippen LogP contribution in [-0.4, -0.2) is 37.3 Å². The fourth-order valence-electron chi connectivity index (χ4n) is 4.48. The minimum Gasteiger partial charge on any atom is -0.487 e. The Morgan fingerprint density at radius 1 is 1.10 bits per heavy atom. The number of sulfonamides is 1. The van der Waals surface area contributed by atoms with Gasteiger partial charge < -0.3 is 10.1 Å². The van der Waals surface area contributed by atoms with Crippen molar-refractivity contribution in [3.05, 3.63) is 59.7 Å². The molecule has 0 saturated carbocycles. The van der Waals surface area contributed by atoms with Crippen molar-refractivity contribution in [1.29, 1.82) is 0 Å². The molecule has 7 heteroatoms. The number of fused-ring (bicyclic) bond motifs is 1. The summed E-state index contributed by atoms with van der Waals surface area (Å²) in [7, 11) is -3.51. The van der Waals surface area contributed by atoms with Crippen molar-refractivity contribution in [3.63, 3.8) is 0 Å². The van der Waals surface area contributed by atoms with Gasteiger partial charge in [-0.05, 0) is 57.4 Å². The highest BCUT2D eigenvalue weighted by molar-refractivity contribution is 7.89. The average Bonchev–Trinajstić information content (AvgIpc) is 2.73. The maximum absolute atomic E-state index is 13.1. The van der Waals surface area contributed by atoms with Gasteiger partial charge in [-0.1, -0.05) is 30.3 Å². The second-order valence-corrected chi connectivity index (χ2v) is 11.1. The maximum atomic E-state index is 13.1. The number of rotatable bonds is 4. The Morgan fingerprint density at radius 2 is 1.77 bits per heavy atom. The van der Waals surface area contributed by atoms with Crippen molar-refractivity contribution in [1.82, 2.24) is 9.62 Å². The first-order chi connectivity index (χ1) is 14.7. The van der Waals surface area contributed by atoms with Gasteiger partial charge in [-0.3, -0.25) is 4.79 Å². The summed E-state index contributed by atoms with van der Waals surface area (Å²) >= 11 is 0. The van der Waals surface area contributed by atoms with Crippen LogP contribution in [0.15, 0.2) is 53.4 Å². The first kappa shape index (κ1) is 21.8. The molecule has 0 radical (unpaired) electrons. The number of ether oxygens (including phenoxy) is 1. The largest absolute Gasteiger partial charge is 0.487 e. The normalized spacial score (nSPS) is 21.7. The van der Waals surface area contributed by atoms with Crippen molar-refractivity contribution >= 4 is 15.9 Å². The van der Waals surface area contributed by atoms with Gasteiger partial charge in [0.15, 0.2) is 0 Å². The van der Waals surface area contributed by atoms with E-state index in [-0.39, 0.29) is 23.5 Å². The molecular formula is C24H30N2O4S. The van der Waals surface area contributed by atoms with Crippen LogP contribution < -0.4 is 10.1 Å². The molecule has 0 spiro atoms. The van der Waals surface area contributed by atoms with Gasteiger partial charge in [-0.2, -0.15) is 4.31 Å². The zero-order valence-corrected chi connectivity index (χ0v) is 19.1. The highest BCUT2D eigenvalue weighted by Gasteiger charge is 2.37. The van der Waals surface area contributed by atoms with Crippen LogP contribution in [0.3, 0.4) is 0 Å². The first-order valence-corrected chi connectivity index (χ1v) is 12.2. The highest BCUT2D eigenvalue weighted by Crippen LogP contribution is 2.40. The molecule has 1 N–H and O–H groups in total. The molecule has 2 aliphatic heterocycles. The van der Waals surface area contributed by atoms with Crippen LogP contribution in [0.1, 0.15) is 50.3 Å². The Morgan fingerprint density at radius 3 is 2.45 bits per heavy atom. The number of piperidine rings is 1. The molecular weight excluding hydrogens is 412 g/mol. The van der Waals surface area contributed by atoms with Gasteiger partial charge in [0.2, 0.25) is 15.9 Å². The van der Waals surface area contributed by atoms with Gasteiger partial charge in [0.05, 0.1) is 10.9 Å². The smallest absolute Gasteiger partial charge is 0.243 e. The van der Waals surface area contributed by atoms with Crippen molar-refractivity contribution < 1.29 is 17.9 Å². The molecule has 2 aromatic carbocycles. The Balaban J connectivity index is 1.42. The topological polar surface area (TPSA) is 75.7 Å². The summed E-state index contributed by atoms with van der Waals surface area (Å²) < 4.78 is 33.3. The van der Waals surface area contributed by atoms with E-state index in [1.54, 1.807) is 30.3 Å². The average molecular weight is 443 g/mol. The third-order valence-electron chi connectivity index (χ3n) is 6.15. The van der Waals surface area contributed by atoms with Crippen LogP contribution >= 0.6 is 0 Å². The van der Waals surface area contributed by atoms with Crippen LogP contribution in [-0.2, 0) is 14.8 Å². The number of hydrogen-bond donors (Lipinski definition) is 1. The maximum Gasteiger partial charge on any atom is 0.243 e. The molecule has 2 heterocycles. The first-order valence-electron chi connectivity index (χ1n) is 10.8. The third-order valence-corrected chi connectivity index (χ3v) is 8.06. The van der Waals surface area contributed by atoms with E-state index in [4.69, 9.17) is 4.74 Å². The number of benzene rings is 2. The third kappa shape index (κ3) is 4.62. The lowest BCUT2D eigenvalue weighted by Gasteiger charge is -2.39. The fraction of sp³-hybridized carbons (Fsp3) is 0.458. The SMILES string of the molecule is Cc1ccc2c(c1)OC(C)(C)CC2NC(=O)C1CCN(S(=O)(=O)c2ccccc2)CC1. The predicted octanol–water partition coefficient (Wildman–Crippen LogP) is 3.81. The van der Waals surface area contributed by atoms with Crippen molar-refractivity contribution in [2.24, 2.45) is 5.92 Å². The van der Waals surface area contributed by atoms with Gasteiger partial charge in [-0.15, -0.1) is 0 Å². The van der Waals surface area contributed by atoms with E-state index in [0.29, 0.717) is 37.2 Å². The van der Waals surface area contributed by atoms with Crippen LogP contribution in [0, 0.1) is 12.8 Å². The Kier molecular flexibility index (Phi) is 5.83. The molecule has 2 aromatic rings. The van der Waals surface area contributed by atoms with Gasteiger partial charge in [0.25, 0.3) is 0 Å². The van der Waals surface area contributed by atoms with E-state index < -0.39 is 10.0 Å². The summed E-state index contributed by atoms with van der Waals surface area (Å²) in [6.45, 7) is 6.79. The summed E-state index contributed by atoms with van der Waals surface area (Å²) in [6.07, 6.45) is 1.73. The van der Waals surface area contributed by atoms with Crippen molar-refractivity contribution in [2.75, 3.05) is 13.1 Å². The summed E-state index contributed by atoms with van der Waals surface area (Å²) in [5, 5.41) is 3.22. The monoisotopic (exact) mass is 442 g/mol. The van der Waals surface area contributed by atoms with E-state index >= 15 is 0 Å². The Hall–Kier alpha value is -2.38. The van der Waals surface area contributed by atoms with Gasteiger partial charge in [-0.25, -0.2) is 8.42 Å². The lowest BCUT2D eigenvalue weighted by molar-refractivity contribution is -0.127. The van der Waals surface area contributed by atoms with E-state index in [9.17, 15) is 13.2 Å². The standard InChI is InChI=1S/C24H30N2O4S/c1-17-9-10-20-21(16-24(2,3)30-22(20)15-17)25-23(27)18-11-13-26(14-12-18)31(28,29)19-7-5-4-6-8-19/h4-10,15,18,21H,11-14,16H2,1-3H3,(H,25,27). The zero-order valence-electron chi connectivity index (χ0n) is 18.3. The van der Waals surface area contributed by atoms with Gasteiger partial charge >= 0.3 is 0 Å². The lowest BCUT2D eigenvalue weighted by atomic mass is 9.88. The summed E-state index contributed by atoms with van der Waals surface area (Å²) in [5.74, 6) is 0.624. The van der Waals surface area contributed by atoms with Gasteiger partial charge in [0, 0.05) is 31.0 Å². The molecule has 0 aliphatic carbocycles. The molecule has 166 valence electrons. The number of aryl methyl sites for hydroxylation is 1. The zero-order chi connectivity index (χ0) is 22.2. The predicted molar refractivity (Wildman–Crippen MR) is 119 cm³/mol. The number of nitrogens with zero attached hydrogens (tertiary/aromatic N) is 1. The highest BCUT2D eigenvalue weighted by atomic mass is 32.2. The van der Waals surface area contributed by atoms with Crippen LogP contribution in [0.25, 0.3) is 0 Å². The number of nitrogens with one attached hydrogen (secondary N) is 1. The number of hydrogen-bond acceptors (Lipinski definition) is 4. The minimum atomic E-state index is -3.51. The molecule has 1 unspecified atom stereocenters. The van der Waals surface area contributed by atoms with E-state index in [1.165, 1.54) is 4.31 Å². The Labute approximate surface area is 184 Å². The molecule has 4 rings (SSSR count). The Bertz CT molecular complexity index is 1060. The van der Waals surface area contributed by atoms with E-state index in [1.807, 2.05) is 39.0 Å². The molecule has 1 atom stereocenters. The molecule has 1 saturated heterocycles. The summed E-state index contributed by atoms with van der Waals surface area (Å²) in [6, 6.07) is 14.4. The number of carbonyl (C=O) groups excluding carboxylic acids is 1. The molecule has 0 aromatic heterocycles. The number of amides is 1. The molecule has 1 amide bonds. The number of carbonyl (C=O) groups is 1. The molecule has 31 heavy (non-hydrogen) atoms. The fourth-order valence-corrected chi connectivity index (χ4v) is 5.97. The molecule has 6 nitrogen and oxygen atoms in total. The molecule has 0 bridgehead atoms. The van der Waals surface area contributed by atoms with Crippen molar-refractivity contribution in [2.45, 2.75) is 56.6 Å². The van der Waals surface area contributed by atoms with Crippen LogP contribution in [0.2, 0.25) is 0 Å². The molecule has 1 fully saturated rings. The molecule has 2 aliphatic rings. The van der Waals surface area contributed by atoms with Crippen LogP contribution in [0.5, 0.6) is 5.75 Å².